The molecule has 2 bridgehead atoms. The molecule has 2 aliphatic carbocycles. The molecule has 2 amide bonds. The molecule has 2 aromatic carbocycles. The van der Waals surface area contributed by atoms with Crippen LogP contribution in [0.1, 0.15) is 50.7 Å². The first-order valence-corrected chi connectivity index (χ1v) is 19.3. The lowest BCUT2D eigenvalue weighted by atomic mass is 9.68. The number of amides is 2. The maximum Gasteiger partial charge on any atom is 0.265 e. The molecule has 11 nitrogen and oxygen atoms in total. The van der Waals surface area contributed by atoms with Crippen molar-refractivity contribution in [2.75, 3.05) is 58.0 Å². The van der Waals surface area contributed by atoms with E-state index in [1.807, 2.05) is 12.1 Å². The number of methoxy groups -OCH3 is 1. The molecule has 3 aliphatic heterocycles. The van der Waals surface area contributed by atoms with Crippen molar-refractivity contribution in [1.29, 1.82) is 0 Å². The summed E-state index contributed by atoms with van der Waals surface area (Å²) in [6, 6.07) is 10.9. The fraction of sp³-hybridized carbons (Fsp3) is 0.568. The molecule has 2 aromatic rings. The Hall–Kier alpha value is -3.16. The molecule has 1 N–H and O–H groups in total. The number of ether oxygens (including phenoxy) is 4. The van der Waals surface area contributed by atoms with Gasteiger partial charge in [0.15, 0.2) is 0 Å². The summed E-state index contributed by atoms with van der Waals surface area (Å²) in [7, 11) is -2.58. The average Bonchev–Trinajstić information content (AvgIpc) is 3.19. The fourth-order valence-corrected chi connectivity index (χ4v) is 9.30. The number of hydrogen-bond acceptors (Lipinski definition) is 9. The molecule has 2 fully saturated rings. The predicted molar refractivity (Wildman–Crippen MR) is 188 cm³/mol. The summed E-state index contributed by atoms with van der Waals surface area (Å²) in [5, 5.41) is 0.705. The van der Waals surface area contributed by atoms with Gasteiger partial charge in [0.05, 0.1) is 36.0 Å². The van der Waals surface area contributed by atoms with E-state index in [0.717, 1.165) is 32.1 Å². The number of nitrogens with one attached hydrogen (secondary N) is 1. The standard InChI is InChI=1S/C37H46ClN3O8S/c1-36(2)35(43)39-50(44,45)28-10-13-33-31(17-28)41(22-37(23-48-33)14-4-6-24-16-26(38)9-12-30(24)37)18-25-8-11-29(25)32(7-5-15-49-36)47-21-34(42)40-19-27(20-40)46-3/h5,7,9-10,12-13,16-17,25,27,29,32H,4,6,8,11,14-15,18-23H2,1-3H3,(H,39,43)/t25-,29+,32-,37-/m0/s1. The van der Waals surface area contributed by atoms with E-state index in [1.54, 1.807) is 30.2 Å². The van der Waals surface area contributed by atoms with Gasteiger partial charge in [0.25, 0.3) is 15.9 Å². The van der Waals surface area contributed by atoms with Crippen LogP contribution in [0.2, 0.25) is 5.02 Å². The van der Waals surface area contributed by atoms with Crippen molar-refractivity contribution in [3.05, 3.63) is 64.7 Å². The Balaban J connectivity index is 1.24. The van der Waals surface area contributed by atoms with Crippen molar-refractivity contribution in [2.24, 2.45) is 11.8 Å². The number of sulfonamides is 1. The van der Waals surface area contributed by atoms with Crippen LogP contribution in [-0.2, 0) is 45.7 Å². The van der Waals surface area contributed by atoms with Crippen LogP contribution in [0.25, 0.3) is 0 Å². The molecule has 0 unspecified atom stereocenters. The van der Waals surface area contributed by atoms with E-state index in [-0.39, 0.29) is 53.5 Å². The Bertz CT molecular complexity index is 1780. The van der Waals surface area contributed by atoms with E-state index < -0.39 is 21.5 Å². The van der Waals surface area contributed by atoms with Gasteiger partial charge in [-0.15, -0.1) is 0 Å². The SMILES string of the molecule is COC1CN(C(=O)CO[C@H]2C=CCOC(C)(C)C(=O)NS(=O)(=O)c3ccc4c(c3)N(C[C@@H]3CC[C@H]32)C[C@@]2(CCCc3cc(Cl)ccc32)CO4)C1. The fourth-order valence-electron chi connectivity index (χ4n) is 7.99. The first-order chi connectivity index (χ1) is 23.9. The van der Waals surface area contributed by atoms with E-state index in [1.165, 1.54) is 31.0 Å². The average molecular weight is 728 g/mol. The minimum absolute atomic E-state index is 0.0284. The monoisotopic (exact) mass is 727 g/mol. The van der Waals surface area contributed by atoms with Crippen LogP contribution in [0.5, 0.6) is 5.75 Å². The number of likely N-dealkylation sites (tertiary alicyclic amines) is 1. The number of anilines is 1. The topological polar surface area (TPSA) is 124 Å². The number of carbonyl (C=O) groups is 2. The Labute approximate surface area is 299 Å². The van der Waals surface area contributed by atoms with Crippen LogP contribution in [0.3, 0.4) is 0 Å². The van der Waals surface area contributed by atoms with Crippen LogP contribution in [-0.4, -0.2) is 96.1 Å². The maximum atomic E-state index is 13.6. The number of hydrogen-bond donors (Lipinski definition) is 1. The lowest BCUT2D eigenvalue weighted by Gasteiger charge is -2.46. The van der Waals surface area contributed by atoms with Crippen molar-refractivity contribution >= 4 is 39.1 Å². The number of halogens is 1. The molecule has 50 heavy (non-hydrogen) atoms. The lowest BCUT2D eigenvalue weighted by molar-refractivity contribution is -0.151. The zero-order chi connectivity index (χ0) is 35.3. The summed E-state index contributed by atoms with van der Waals surface area (Å²) in [4.78, 5) is 30.2. The van der Waals surface area contributed by atoms with Crippen LogP contribution in [0.4, 0.5) is 5.69 Å². The highest BCUT2D eigenvalue weighted by molar-refractivity contribution is 7.90. The number of carbonyl (C=O) groups excluding carboxylic acids is 2. The molecular formula is C37H46ClN3O8S. The van der Waals surface area contributed by atoms with Gasteiger partial charge in [0.1, 0.15) is 18.0 Å². The molecule has 7 rings (SSSR count). The van der Waals surface area contributed by atoms with Gasteiger partial charge < -0.3 is 28.7 Å². The highest BCUT2D eigenvalue weighted by Crippen LogP contribution is 2.47. The first kappa shape index (κ1) is 35.3. The number of aryl methyl sites for hydroxylation is 1. The van der Waals surface area contributed by atoms with Gasteiger partial charge in [0, 0.05) is 43.7 Å². The van der Waals surface area contributed by atoms with Gasteiger partial charge in [-0.1, -0.05) is 29.8 Å². The van der Waals surface area contributed by atoms with Gasteiger partial charge in [-0.2, -0.15) is 0 Å². The van der Waals surface area contributed by atoms with E-state index in [0.29, 0.717) is 49.2 Å². The quantitative estimate of drug-likeness (QED) is 0.461. The van der Waals surface area contributed by atoms with Gasteiger partial charge in [-0.3, -0.25) is 9.59 Å². The summed E-state index contributed by atoms with van der Waals surface area (Å²) >= 11 is 6.44. The molecule has 4 atom stereocenters. The second-order valence-electron chi connectivity index (χ2n) is 14.9. The molecule has 13 heteroatoms. The molecule has 1 saturated heterocycles. The lowest BCUT2D eigenvalue weighted by Crippen LogP contribution is -2.55. The summed E-state index contributed by atoms with van der Waals surface area (Å²) < 4.78 is 53.6. The summed E-state index contributed by atoms with van der Waals surface area (Å²) in [5.41, 5.74) is 1.31. The molecule has 0 aromatic heterocycles. The number of nitrogens with zero attached hydrogens (tertiary/aromatic N) is 2. The first-order valence-electron chi connectivity index (χ1n) is 17.5. The molecule has 5 aliphatic rings. The molecular weight excluding hydrogens is 682 g/mol. The summed E-state index contributed by atoms with van der Waals surface area (Å²) in [5.74, 6) is 0.0477. The highest BCUT2D eigenvalue weighted by atomic mass is 35.5. The van der Waals surface area contributed by atoms with Crippen LogP contribution < -0.4 is 14.4 Å². The van der Waals surface area contributed by atoms with E-state index in [9.17, 15) is 18.0 Å². The van der Waals surface area contributed by atoms with E-state index in [2.05, 4.69) is 21.8 Å². The third kappa shape index (κ3) is 6.89. The van der Waals surface area contributed by atoms with Crippen molar-refractivity contribution in [3.63, 3.8) is 0 Å². The predicted octanol–water partition coefficient (Wildman–Crippen LogP) is 4.25. The second-order valence-corrected chi connectivity index (χ2v) is 17.0. The van der Waals surface area contributed by atoms with Crippen molar-refractivity contribution in [1.82, 2.24) is 9.62 Å². The van der Waals surface area contributed by atoms with Crippen molar-refractivity contribution in [3.8, 4) is 5.75 Å². The van der Waals surface area contributed by atoms with Gasteiger partial charge >= 0.3 is 0 Å². The van der Waals surface area contributed by atoms with Gasteiger partial charge in [-0.05, 0) is 99.2 Å². The summed E-state index contributed by atoms with van der Waals surface area (Å²) in [6.45, 7) is 5.87. The molecule has 270 valence electrons. The largest absolute Gasteiger partial charge is 0.490 e. The molecule has 3 heterocycles. The van der Waals surface area contributed by atoms with Crippen LogP contribution in [0, 0.1) is 11.8 Å². The number of rotatable bonds is 4. The third-order valence-corrected chi connectivity index (χ3v) is 12.8. The molecule has 1 spiro atoms. The van der Waals surface area contributed by atoms with Gasteiger partial charge in [0.2, 0.25) is 5.91 Å². The minimum Gasteiger partial charge on any atom is -0.490 e. The highest BCUT2D eigenvalue weighted by Gasteiger charge is 2.45. The Morgan fingerprint density at radius 3 is 2.70 bits per heavy atom. The van der Waals surface area contributed by atoms with E-state index >= 15 is 0 Å². The minimum atomic E-state index is -4.23. The molecule has 0 radical (unpaired) electrons. The Kier molecular flexibility index (Phi) is 9.70. The van der Waals surface area contributed by atoms with Crippen LogP contribution in [0.15, 0.2) is 53.4 Å². The zero-order valence-electron chi connectivity index (χ0n) is 28.9. The number of benzene rings is 2. The van der Waals surface area contributed by atoms with Gasteiger partial charge in [-0.25, -0.2) is 13.1 Å². The zero-order valence-corrected chi connectivity index (χ0v) is 30.4. The van der Waals surface area contributed by atoms with Crippen LogP contribution >= 0.6 is 11.6 Å². The number of fused-ring (bicyclic) bond motifs is 4. The Morgan fingerprint density at radius 1 is 1.12 bits per heavy atom. The van der Waals surface area contributed by atoms with Crippen molar-refractivity contribution in [2.45, 2.75) is 74.1 Å². The Morgan fingerprint density at radius 2 is 1.94 bits per heavy atom. The second kappa shape index (κ2) is 13.8. The maximum absolute atomic E-state index is 13.6. The smallest absolute Gasteiger partial charge is 0.265 e. The molecule has 1 saturated carbocycles. The summed E-state index contributed by atoms with van der Waals surface area (Å²) in [6.07, 6.45) is 8.12. The third-order valence-electron chi connectivity index (χ3n) is 11.2. The van der Waals surface area contributed by atoms with Crippen molar-refractivity contribution < 1.29 is 37.0 Å². The van der Waals surface area contributed by atoms with E-state index in [4.69, 9.17) is 30.5 Å². The normalized spacial score (nSPS) is 29.0.